The van der Waals surface area contributed by atoms with Gasteiger partial charge in [-0.25, -0.2) is 4.79 Å². The molecule has 6 nitrogen and oxygen atoms in total. The number of hydrogen-bond acceptors (Lipinski definition) is 5. The molecule has 2 aromatic carbocycles. The van der Waals surface area contributed by atoms with Crippen molar-refractivity contribution in [2.24, 2.45) is 0 Å². The third-order valence-electron chi connectivity index (χ3n) is 6.43. The summed E-state index contributed by atoms with van der Waals surface area (Å²) < 4.78 is 10.9. The van der Waals surface area contributed by atoms with Gasteiger partial charge in [-0.2, -0.15) is 0 Å². The van der Waals surface area contributed by atoms with Gasteiger partial charge in [0.1, 0.15) is 5.78 Å². The minimum atomic E-state index is -0.957. The SMILES string of the molecule is Cc1cc(C(=O)O)ccc1-c1nc(CC(=O)C2(c3ccc4c(c3)OCO4)CC2)ccc1C. The number of carbonyl (C=O) groups excluding carboxylic acids is 1. The second kappa shape index (κ2) is 7.48. The number of nitrogens with zero attached hydrogens (tertiary/aromatic N) is 1. The van der Waals surface area contributed by atoms with E-state index >= 15 is 0 Å². The van der Waals surface area contributed by atoms with Crippen molar-refractivity contribution in [3.05, 3.63) is 76.5 Å². The molecule has 6 heteroatoms. The predicted octanol–water partition coefficient (Wildman–Crippen LogP) is 4.64. The molecule has 1 fully saturated rings. The summed E-state index contributed by atoms with van der Waals surface area (Å²) in [6.45, 7) is 4.05. The third kappa shape index (κ3) is 3.42. The van der Waals surface area contributed by atoms with Crippen LogP contribution in [0.5, 0.6) is 11.5 Å². The van der Waals surface area contributed by atoms with Crippen molar-refractivity contribution in [2.45, 2.75) is 38.5 Å². The highest BCUT2D eigenvalue weighted by Gasteiger charge is 2.51. The van der Waals surface area contributed by atoms with Crippen LogP contribution in [0.3, 0.4) is 0 Å². The van der Waals surface area contributed by atoms with E-state index in [-0.39, 0.29) is 24.6 Å². The molecule has 1 aromatic heterocycles. The number of carboxylic acids is 1. The van der Waals surface area contributed by atoms with Crippen LogP contribution in [0, 0.1) is 13.8 Å². The number of benzene rings is 2. The van der Waals surface area contributed by atoms with Crippen LogP contribution in [0.1, 0.15) is 45.6 Å². The zero-order valence-corrected chi connectivity index (χ0v) is 18.0. The van der Waals surface area contributed by atoms with E-state index in [9.17, 15) is 14.7 Å². The smallest absolute Gasteiger partial charge is 0.335 e. The largest absolute Gasteiger partial charge is 0.478 e. The third-order valence-corrected chi connectivity index (χ3v) is 6.43. The van der Waals surface area contributed by atoms with Crippen molar-refractivity contribution in [1.29, 1.82) is 0 Å². The first-order valence-corrected chi connectivity index (χ1v) is 10.6. The van der Waals surface area contributed by atoms with Crippen molar-refractivity contribution in [3.63, 3.8) is 0 Å². The van der Waals surface area contributed by atoms with Crippen molar-refractivity contribution in [3.8, 4) is 22.8 Å². The molecule has 0 radical (unpaired) electrons. The van der Waals surface area contributed by atoms with Crippen LogP contribution in [0.25, 0.3) is 11.3 Å². The number of Topliss-reactive ketones (excluding diaryl/α,β-unsaturated/α-hetero) is 1. The van der Waals surface area contributed by atoms with E-state index in [1.807, 2.05) is 44.2 Å². The van der Waals surface area contributed by atoms with Gasteiger partial charge in [0.15, 0.2) is 11.5 Å². The summed E-state index contributed by atoms with van der Waals surface area (Å²) in [5, 5.41) is 9.23. The van der Waals surface area contributed by atoms with Crippen LogP contribution in [-0.2, 0) is 16.6 Å². The van der Waals surface area contributed by atoms with Gasteiger partial charge in [-0.1, -0.05) is 18.2 Å². The number of fused-ring (bicyclic) bond motifs is 1. The van der Waals surface area contributed by atoms with Crippen molar-refractivity contribution >= 4 is 11.8 Å². The normalized spacial score (nSPS) is 15.4. The van der Waals surface area contributed by atoms with Crippen LogP contribution in [-0.4, -0.2) is 28.6 Å². The summed E-state index contributed by atoms with van der Waals surface area (Å²) in [7, 11) is 0. The fourth-order valence-electron chi connectivity index (χ4n) is 4.38. The van der Waals surface area contributed by atoms with Crippen molar-refractivity contribution in [1.82, 2.24) is 4.98 Å². The number of carbonyl (C=O) groups is 2. The highest BCUT2D eigenvalue weighted by atomic mass is 16.7. The summed E-state index contributed by atoms with van der Waals surface area (Å²) >= 11 is 0. The molecular weight excluding hydrogens is 406 g/mol. The van der Waals surface area contributed by atoms with Gasteiger partial charge in [-0.3, -0.25) is 9.78 Å². The van der Waals surface area contributed by atoms with Gasteiger partial charge in [0.05, 0.1) is 16.7 Å². The number of carboxylic acid groups (broad SMARTS) is 1. The Morgan fingerprint density at radius 1 is 0.969 bits per heavy atom. The number of aromatic carboxylic acids is 1. The molecule has 162 valence electrons. The van der Waals surface area contributed by atoms with E-state index in [1.54, 1.807) is 18.2 Å². The van der Waals surface area contributed by atoms with Crippen LogP contribution < -0.4 is 9.47 Å². The Labute approximate surface area is 185 Å². The van der Waals surface area contributed by atoms with E-state index in [0.717, 1.165) is 40.8 Å². The molecule has 0 saturated heterocycles. The zero-order chi connectivity index (χ0) is 22.5. The lowest BCUT2D eigenvalue weighted by Gasteiger charge is -2.16. The van der Waals surface area contributed by atoms with Gasteiger partial charge in [-0.15, -0.1) is 0 Å². The number of hydrogen-bond donors (Lipinski definition) is 1. The summed E-state index contributed by atoms with van der Waals surface area (Å²) in [5.41, 5.74) is 4.91. The first-order valence-electron chi connectivity index (χ1n) is 10.6. The van der Waals surface area contributed by atoms with Crippen LogP contribution in [0.2, 0.25) is 0 Å². The van der Waals surface area contributed by atoms with Crippen LogP contribution in [0.4, 0.5) is 0 Å². The number of rotatable bonds is 6. The molecule has 1 N–H and O–H groups in total. The molecule has 0 spiro atoms. The Morgan fingerprint density at radius 2 is 1.75 bits per heavy atom. The first kappa shape index (κ1) is 20.2. The number of aromatic nitrogens is 1. The zero-order valence-electron chi connectivity index (χ0n) is 18.0. The molecular formula is C26H23NO5. The van der Waals surface area contributed by atoms with Crippen LogP contribution >= 0.6 is 0 Å². The maximum absolute atomic E-state index is 13.3. The van der Waals surface area contributed by atoms with Crippen molar-refractivity contribution < 1.29 is 24.2 Å². The number of ketones is 1. The summed E-state index contributed by atoms with van der Waals surface area (Å²) in [4.78, 5) is 29.4. The minimum Gasteiger partial charge on any atom is -0.478 e. The van der Waals surface area contributed by atoms with Gasteiger partial charge in [0, 0.05) is 17.7 Å². The van der Waals surface area contributed by atoms with Gasteiger partial charge < -0.3 is 14.6 Å². The quantitative estimate of drug-likeness (QED) is 0.615. The predicted molar refractivity (Wildman–Crippen MR) is 118 cm³/mol. The molecule has 1 saturated carbocycles. The lowest BCUT2D eigenvalue weighted by atomic mass is 9.88. The molecule has 3 aromatic rings. The summed E-state index contributed by atoms with van der Waals surface area (Å²) in [5.74, 6) is 0.599. The Morgan fingerprint density at radius 3 is 2.47 bits per heavy atom. The van der Waals surface area contributed by atoms with Crippen LogP contribution in [0.15, 0.2) is 48.5 Å². The second-order valence-electron chi connectivity index (χ2n) is 8.55. The number of aryl methyl sites for hydroxylation is 2. The molecule has 1 aliphatic heterocycles. The lowest BCUT2D eigenvalue weighted by molar-refractivity contribution is -0.120. The Bertz CT molecular complexity index is 1260. The molecule has 0 atom stereocenters. The molecule has 2 aliphatic rings. The standard InChI is InChI=1S/C26H23NO5/c1-15-3-6-19(27-24(15)20-7-4-17(25(29)30)11-16(20)2)13-23(28)26(9-10-26)18-5-8-21-22(12-18)32-14-31-21/h3-8,11-12H,9-10,13-14H2,1-2H3,(H,29,30). The van der Waals surface area contributed by atoms with Gasteiger partial charge in [0.25, 0.3) is 0 Å². The lowest BCUT2D eigenvalue weighted by Crippen LogP contribution is -2.23. The monoisotopic (exact) mass is 429 g/mol. The van der Waals surface area contributed by atoms with Gasteiger partial charge in [-0.05, 0) is 73.7 Å². The number of pyridine rings is 1. The highest BCUT2D eigenvalue weighted by Crippen LogP contribution is 2.51. The Hall–Kier alpha value is -3.67. The summed E-state index contributed by atoms with van der Waals surface area (Å²) in [6, 6.07) is 14.6. The van der Waals surface area contributed by atoms with E-state index in [1.165, 1.54) is 0 Å². The first-order chi connectivity index (χ1) is 15.4. The molecule has 32 heavy (non-hydrogen) atoms. The number of ether oxygens (including phenoxy) is 2. The highest BCUT2D eigenvalue weighted by molar-refractivity contribution is 5.94. The average molecular weight is 429 g/mol. The molecule has 0 amide bonds. The molecule has 5 rings (SSSR count). The van der Waals surface area contributed by atoms with Crippen molar-refractivity contribution in [2.75, 3.05) is 6.79 Å². The van der Waals surface area contributed by atoms with Gasteiger partial charge >= 0.3 is 5.97 Å². The Balaban J connectivity index is 1.42. The topological polar surface area (TPSA) is 85.7 Å². The fourth-order valence-corrected chi connectivity index (χ4v) is 4.38. The van der Waals surface area contributed by atoms with E-state index in [4.69, 9.17) is 14.5 Å². The van der Waals surface area contributed by atoms with E-state index in [2.05, 4.69) is 0 Å². The molecule has 1 aliphatic carbocycles. The Kier molecular flexibility index (Phi) is 4.73. The van der Waals surface area contributed by atoms with Gasteiger partial charge in [0.2, 0.25) is 6.79 Å². The van der Waals surface area contributed by atoms with E-state index < -0.39 is 11.4 Å². The molecule has 2 heterocycles. The average Bonchev–Trinajstić information content (AvgIpc) is 3.46. The minimum absolute atomic E-state index is 0.150. The van der Waals surface area contributed by atoms with E-state index in [0.29, 0.717) is 17.2 Å². The molecule has 0 unspecified atom stereocenters. The maximum atomic E-state index is 13.3. The fraction of sp³-hybridized carbons (Fsp3) is 0.269. The maximum Gasteiger partial charge on any atom is 0.335 e. The molecule has 0 bridgehead atoms. The summed E-state index contributed by atoms with van der Waals surface area (Å²) in [6.07, 6.45) is 1.88. The second-order valence-corrected chi connectivity index (χ2v) is 8.55.